The predicted molar refractivity (Wildman–Crippen MR) is 168 cm³/mol. The molecule has 3 aromatic carbocycles. The van der Waals surface area contributed by atoms with E-state index in [1.165, 1.54) is 21.3 Å². The maximum atomic E-state index is 13.9. The number of anilines is 1. The largest absolute Gasteiger partial charge is 0.486 e. The van der Waals surface area contributed by atoms with Gasteiger partial charge in [0.2, 0.25) is 21.8 Å². The number of carbonyl (C=O) groups excluding carboxylic acids is 2. The second kappa shape index (κ2) is 15.1. The Morgan fingerprint density at radius 2 is 1.61 bits per heavy atom. The van der Waals surface area contributed by atoms with Crippen LogP contribution in [0.15, 0.2) is 72.8 Å². The van der Waals surface area contributed by atoms with Crippen LogP contribution in [0.5, 0.6) is 11.5 Å². The van der Waals surface area contributed by atoms with Crippen molar-refractivity contribution < 1.29 is 31.9 Å². The maximum absolute atomic E-state index is 13.9. The van der Waals surface area contributed by atoms with Crippen LogP contribution in [0.25, 0.3) is 0 Å². The molecule has 1 aliphatic rings. The molecule has 0 radical (unpaired) electrons. The smallest absolute Gasteiger partial charge is 0.243 e. The summed E-state index contributed by atoms with van der Waals surface area (Å²) in [4.78, 5) is 29.0. The van der Waals surface area contributed by atoms with Gasteiger partial charge in [0.25, 0.3) is 0 Å². The minimum Gasteiger partial charge on any atom is -0.486 e. The Hall–Kier alpha value is -4.12. The normalized spacial score (nSPS) is 13.3. The highest BCUT2D eigenvalue weighted by Gasteiger charge is 2.31. The zero-order valence-electron chi connectivity index (χ0n) is 25.4. The van der Waals surface area contributed by atoms with Gasteiger partial charge in [-0.25, -0.2) is 12.8 Å². The van der Waals surface area contributed by atoms with Crippen LogP contribution >= 0.6 is 0 Å². The van der Waals surface area contributed by atoms with Gasteiger partial charge in [0.1, 0.15) is 25.1 Å². The van der Waals surface area contributed by atoms with Crippen molar-refractivity contribution >= 4 is 27.5 Å². The zero-order valence-corrected chi connectivity index (χ0v) is 26.2. The summed E-state index contributed by atoms with van der Waals surface area (Å²) in [5.41, 5.74) is 1.96. The molecule has 1 atom stereocenters. The summed E-state index contributed by atoms with van der Waals surface area (Å²) in [6.07, 6.45) is 1.58. The topological polar surface area (TPSA) is 105 Å². The molecular formula is C33H40FN3O6S. The van der Waals surface area contributed by atoms with Gasteiger partial charge in [-0.1, -0.05) is 56.3 Å². The van der Waals surface area contributed by atoms with E-state index in [9.17, 15) is 22.4 Å². The lowest BCUT2D eigenvalue weighted by Gasteiger charge is -2.32. The van der Waals surface area contributed by atoms with E-state index in [4.69, 9.17) is 9.47 Å². The van der Waals surface area contributed by atoms with Crippen molar-refractivity contribution in [2.24, 2.45) is 5.92 Å². The summed E-state index contributed by atoms with van der Waals surface area (Å²) in [6, 6.07) is 19.4. The number of nitrogens with zero attached hydrogens (tertiary/aromatic N) is 2. The van der Waals surface area contributed by atoms with E-state index in [1.54, 1.807) is 30.3 Å². The fourth-order valence-electron chi connectivity index (χ4n) is 4.95. The van der Waals surface area contributed by atoms with Crippen molar-refractivity contribution in [2.75, 3.05) is 36.9 Å². The lowest BCUT2D eigenvalue weighted by Crippen LogP contribution is -2.51. The molecule has 1 N–H and O–H groups in total. The molecule has 0 bridgehead atoms. The molecule has 4 rings (SSSR count). The minimum atomic E-state index is -3.69. The fourth-order valence-corrected chi connectivity index (χ4v) is 5.91. The number of sulfonamides is 1. The molecule has 0 saturated heterocycles. The summed E-state index contributed by atoms with van der Waals surface area (Å²) in [5, 5.41) is 2.97. The highest BCUT2D eigenvalue weighted by Crippen LogP contribution is 2.34. The van der Waals surface area contributed by atoms with E-state index in [2.05, 4.69) is 5.32 Å². The first-order valence-electron chi connectivity index (χ1n) is 14.7. The van der Waals surface area contributed by atoms with Crippen molar-refractivity contribution in [1.29, 1.82) is 0 Å². The van der Waals surface area contributed by atoms with Crippen molar-refractivity contribution in [3.05, 3.63) is 89.7 Å². The molecule has 44 heavy (non-hydrogen) atoms. The zero-order chi connectivity index (χ0) is 31.7. The Kier molecular flexibility index (Phi) is 11.2. The number of benzene rings is 3. The van der Waals surface area contributed by atoms with E-state index >= 15 is 0 Å². The molecule has 1 heterocycles. The molecule has 0 unspecified atom stereocenters. The van der Waals surface area contributed by atoms with E-state index in [1.807, 2.05) is 44.2 Å². The summed E-state index contributed by atoms with van der Waals surface area (Å²) in [5.74, 6) is 0.209. The number of hydrogen-bond donors (Lipinski definition) is 1. The van der Waals surface area contributed by atoms with Gasteiger partial charge in [-0.05, 0) is 47.7 Å². The lowest BCUT2D eigenvalue weighted by molar-refractivity contribution is -0.141. The van der Waals surface area contributed by atoms with Gasteiger partial charge in [0.15, 0.2) is 11.5 Å². The SMILES string of the molecule is CC(C)CNC(=O)[C@H](Cc1ccccc1)N(Cc1ccc(F)cc1)C(=O)CCCN(c1ccc2c(c1)OCCO2)S(C)(=O)=O. The van der Waals surface area contributed by atoms with Crippen LogP contribution < -0.4 is 19.1 Å². The number of rotatable bonds is 14. The third-order valence-corrected chi connectivity index (χ3v) is 8.38. The van der Waals surface area contributed by atoms with E-state index in [-0.39, 0.29) is 50.1 Å². The number of nitrogens with one attached hydrogen (secondary N) is 1. The molecule has 0 aliphatic carbocycles. The standard InChI is InChI=1S/C33H40FN3O6S/c1-24(2)22-35-33(39)29(20-25-8-5-4-6-9-25)36(23-26-11-13-27(34)14-12-26)32(38)10-7-17-37(44(3,40)41)28-15-16-30-31(21-28)43-19-18-42-30/h4-6,8-9,11-16,21,24,29H,7,10,17-20,22-23H2,1-3H3,(H,35,39)/t29-/m0/s1. The molecular weight excluding hydrogens is 585 g/mol. The highest BCUT2D eigenvalue weighted by molar-refractivity contribution is 7.92. The monoisotopic (exact) mass is 625 g/mol. The Morgan fingerprint density at radius 1 is 0.932 bits per heavy atom. The summed E-state index contributed by atoms with van der Waals surface area (Å²) in [7, 11) is -3.69. The van der Waals surface area contributed by atoms with Crippen molar-refractivity contribution in [3.8, 4) is 11.5 Å². The van der Waals surface area contributed by atoms with Crippen molar-refractivity contribution in [1.82, 2.24) is 10.2 Å². The predicted octanol–water partition coefficient (Wildman–Crippen LogP) is 4.56. The molecule has 0 aromatic heterocycles. The van der Waals surface area contributed by atoms with Crippen LogP contribution in [0.3, 0.4) is 0 Å². The molecule has 0 saturated carbocycles. The van der Waals surface area contributed by atoms with Crippen LogP contribution in [0.4, 0.5) is 10.1 Å². The van der Waals surface area contributed by atoms with Gasteiger partial charge < -0.3 is 19.7 Å². The molecule has 3 aromatic rings. The first kappa shape index (κ1) is 32.8. The Balaban J connectivity index is 1.57. The van der Waals surface area contributed by atoms with E-state index in [0.29, 0.717) is 42.5 Å². The number of fused-ring (bicyclic) bond motifs is 1. The third-order valence-electron chi connectivity index (χ3n) is 7.19. The van der Waals surface area contributed by atoms with E-state index in [0.717, 1.165) is 11.8 Å². The van der Waals surface area contributed by atoms with Crippen LogP contribution in [-0.4, -0.2) is 63.7 Å². The lowest BCUT2D eigenvalue weighted by atomic mass is 10.0. The molecule has 1 aliphatic heterocycles. The van der Waals surface area contributed by atoms with E-state index < -0.39 is 21.9 Å². The first-order valence-corrected chi connectivity index (χ1v) is 16.6. The van der Waals surface area contributed by atoms with Gasteiger partial charge in [-0.3, -0.25) is 13.9 Å². The Bertz CT molecular complexity index is 1520. The molecule has 236 valence electrons. The van der Waals surface area contributed by atoms with Crippen molar-refractivity contribution in [3.63, 3.8) is 0 Å². The number of hydrogen-bond acceptors (Lipinski definition) is 6. The summed E-state index contributed by atoms with van der Waals surface area (Å²) < 4.78 is 51.7. The van der Waals surface area contributed by atoms with Gasteiger partial charge in [-0.2, -0.15) is 0 Å². The summed E-state index contributed by atoms with van der Waals surface area (Å²) >= 11 is 0. The van der Waals surface area contributed by atoms with Gasteiger partial charge in [0, 0.05) is 38.5 Å². The highest BCUT2D eigenvalue weighted by atomic mass is 32.2. The molecule has 0 spiro atoms. The van der Waals surface area contributed by atoms with Gasteiger partial charge in [0.05, 0.1) is 11.9 Å². The Labute approximate surface area is 259 Å². The Morgan fingerprint density at radius 3 is 2.27 bits per heavy atom. The van der Waals surface area contributed by atoms with Crippen LogP contribution in [0.1, 0.15) is 37.8 Å². The average Bonchev–Trinajstić information content (AvgIpc) is 3.00. The van der Waals surface area contributed by atoms with Crippen LogP contribution in [0.2, 0.25) is 0 Å². The average molecular weight is 626 g/mol. The first-order chi connectivity index (χ1) is 21.0. The fraction of sp³-hybridized carbons (Fsp3) is 0.394. The minimum absolute atomic E-state index is 0.0134. The third kappa shape index (κ3) is 9.19. The van der Waals surface area contributed by atoms with Gasteiger partial charge >= 0.3 is 0 Å². The van der Waals surface area contributed by atoms with Crippen molar-refractivity contribution in [2.45, 2.75) is 45.7 Å². The molecule has 11 heteroatoms. The second-order valence-electron chi connectivity index (χ2n) is 11.3. The van der Waals surface area contributed by atoms with Gasteiger partial charge in [-0.15, -0.1) is 0 Å². The quantitative estimate of drug-likeness (QED) is 0.282. The molecule has 9 nitrogen and oxygen atoms in total. The number of carbonyl (C=O) groups is 2. The summed E-state index contributed by atoms with van der Waals surface area (Å²) in [6.45, 7) is 5.33. The molecule has 2 amide bonds. The maximum Gasteiger partial charge on any atom is 0.243 e. The number of ether oxygens (including phenoxy) is 2. The number of halogens is 1. The van der Waals surface area contributed by atoms with Crippen LogP contribution in [-0.2, 0) is 32.6 Å². The second-order valence-corrected chi connectivity index (χ2v) is 13.2. The van der Waals surface area contributed by atoms with Crippen LogP contribution in [0, 0.1) is 11.7 Å². The molecule has 0 fully saturated rings. The number of amides is 2.